The Bertz CT molecular complexity index is 914. The van der Waals surface area contributed by atoms with E-state index in [1.165, 1.54) is 33.4 Å². The van der Waals surface area contributed by atoms with Gasteiger partial charge in [-0.3, -0.25) is 0 Å². The summed E-state index contributed by atoms with van der Waals surface area (Å²) in [5.41, 5.74) is 15.6. The molecule has 2 atom stereocenters. The molecule has 0 saturated carbocycles. The molecule has 1 aliphatic rings. The molecule has 0 aromatic heterocycles. The van der Waals surface area contributed by atoms with E-state index in [-0.39, 0.29) is 5.41 Å². The Hall–Kier alpha value is -2.12. The zero-order valence-corrected chi connectivity index (χ0v) is 21.1. The Balaban J connectivity index is 2.20. The quantitative estimate of drug-likeness (QED) is 0.350. The summed E-state index contributed by atoms with van der Waals surface area (Å²) in [6.45, 7) is 21.6. The van der Waals surface area contributed by atoms with E-state index in [0.29, 0.717) is 5.92 Å². The molecule has 1 aliphatic carbocycles. The van der Waals surface area contributed by atoms with Gasteiger partial charge in [-0.05, 0) is 94.4 Å². The number of aryl methyl sites for hydroxylation is 1. The molecule has 2 rings (SSSR count). The first-order chi connectivity index (χ1) is 14.4. The first-order valence-corrected chi connectivity index (χ1v) is 11.6. The highest BCUT2D eigenvalue weighted by Crippen LogP contribution is 2.44. The van der Waals surface area contributed by atoms with Crippen molar-refractivity contribution in [1.29, 1.82) is 0 Å². The Labute approximate surface area is 191 Å². The lowest BCUT2D eigenvalue weighted by Gasteiger charge is -2.41. The second-order valence-electron chi connectivity index (χ2n) is 10.3. The molecule has 0 fully saturated rings. The molecule has 1 heteroatoms. The van der Waals surface area contributed by atoms with Crippen LogP contribution in [0, 0.1) is 18.3 Å². The zero-order chi connectivity index (χ0) is 23.4. The lowest BCUT2D eigenvalue weighted by Crippen LogP contribution is -2.44. The van der Waals surface area contributed by atoms with Crippen molar-refractivity contribution >= 4 is 5.57 Å². The molecule has 0 aliphatic heterocycles. The van der Waals surface area contributed by atoms with Gasteiger partial charge in [0.2, 0.25) is 0 Å². The molecule has 0 bridgehead atoms. The average Bonchev–Trinajstić information content (AvgIpc) is 2.70. The molecule has 31 heavy (non-hydrogen) atoms. The van der Waals surface area contributed by atoms with Crippen molar-refractivity contribution in [2.24, 2.45) is 17.1 Å². The minimum atomic E-state index is -0.427. The van der Waals surface area contributed by atoms with Crippen LogP contribution in [-0.2, 0) is 0 Å². The minimum absolute atomic E-state index is 0.149. The molecule has 1 nitrogen and oxygen atoms in total. The first-order valence-electron chi connectivity index (χ1n) is 11.6. The van der Waals surface area contributed by atoms with Crippen LogP contribution in [0.1, 0.15) is 78.9 Å². The molecule has 168 valence electrons. The molecular formula is C30H43N. The molecule has 0 spiro atoms. The van der Waals surface area contributed by atoms with Crippen molar-refractivity contribution < 1.29 is 0 Å². The summed E-state index contributed by atoms with van der Waals surface area (Å²) >= 11 is 0. The van der Waals surface area contributed by atoms with E-state index in [2.05, 4.69) is 111 Å². The fourth-order valence-electron chi connectivity index (χ4n) is 4.49. The topological polar surface area (TPSA) is 26.0 Å². The number of benzene rings is 1. The molecule has 2 unspecified atom stereocenters. The zero-order valence-electron chi connectivity index (χ0n) is 21.1. The Morgan fingerprint density at radius 1 is 1.16 bits per heavy atom. The van der Waals surface area contributed by atoms with Crippen LogP contribution in [-0.4, -0.2) is 5.54 Å². The van der Waals surface area contributed by atoms with Gasteiger partial charge in [0.15, 0.2) is 0 Å². The van der Waals surface area contributed by atoms with E-state index < -0.39 is 5.54 Å². The van der Waals surface area contributed by atoms with Gasteiger partial charge in [-0.15, -0.1) is 0 Å². The van der Waals surface area contributed by atoms with E-state index in [0.717, 1.165) is 24.8 Å². The summed E-state index contributed by atoms with van der Waals surface area (Å²) in [4.78, 5) is 0. The summed E-state index contributed by atoms with van der Waals surface area (Å²) in [7, 11) is 0. The predicted octanol–water partition coefficient (Wildman–Crippen LogP) is 8.34. The van der Waals surface area contributed by atoms with Crippen molar-refractivity contribution in [3.05, 3.63) is 88.6 Å². The number of nitrogens with two attached hydrogens (primary N) is 1. The van der Waals surface area contributed by atoms with Crippen LogP contribution in [0.3, 0.4) is 0 Å². The van der Waals surface area contributed by atoms with Gasteiger partial charge < -0.3 is 5.73 Å². The fraction of sp³-hybridized carbons (Fsp3) is 0.467. The largest absolute Gasteiger partial charge is 0.318 e. The highest BCUT2D eigenvalue weighted by molar-refractivity contribution is 5.77. The average molecular weight is 418 g/mol. The highest BCUT2D eigenvalue weighted by atomic mass is 14.8. The van der Waals surface area contributed by atoms with Crippen LogP contribution in [0.15, 0.2) is 77.4 Å². The maximum absolute atomic E-state index is 6.98. The van der Waals surface area contributed by atoms with Gasteiger partial charge in [0.25, 0.3) is 0 Å². The Kier molecular flexibility index (Phi) is 8.11. The number of hydrogen-bond acceptors (Lipinski definition) is 1. The molecular weight excluding hydrogens is 374 g/mol. The normalized spacial score (nSPS) is 24.4. The van der Waals surface area contributed by atoms with Crippen molar-refractivity contribution in [3.63, 3.8) is 0 Å². The Morgan fingerprint density at radius 2 is 1.77 bits per heavy atom. The monoisotopic (exact) mass is 417 g/mol. The van der Waals surface area contributed by atoms with Gasteiger partial charge in [-0.25, -0.2) is 0 Å². The lowest BCUT2D eigenvalue weighted by molar-refractivity contribution is 0.348. The fourth-order valence-corrected chi connectivity index (χ4v) is 4.49. The molecule has 1 aromatic carbocycles. The second-order valence-corrected chi connectivity index (χ2v) is 10.3. The van der Waals surface area contributed by atoms with Gasteiger partial charge in [-0.2, -0.15) is 0 Å². The van der Waals surface area contributed by atoms with E-state index in [9.17, 15) is 0 Å². The van der Waals surface area contributed by atoms with Crippen LogP contribution in [0.25, 0.3) is 5.57 Å². The second kappa shape index (κ2) is 10.0. The third-order valence-corrected chi connectivity index (χ3v) is 7.32. The molecule has 2 N–H and O–H groups in total. The van der Waals surface area contributed by atoms with Crippen molar-refractivity contribution in [1.82, 2.24) is 0 Å². The van der Waals surface area contributed by atoms with Gasteiger partial charge in [0.05, 0.1) is 5.54 Å². The standard InChI is InChI=1S/C30H43N/c1-10-27-26(19-20-29(7,8)24(6)14-13-23(5)21(2)3)17-18-28(30(27,9)31)25-15-11-22(4)12-16-25/h10-16,18,26H,2,17,19-20,31H2,1,3-9H3/b23-13+,24-14+,27-10+. The summed E-state index contributed by atoms with van der Waals surface area (Å²) in [5.74, 6) is 0.494. The molecule has 0 saturated heterocycles. The van der Waals surface area contributed by atoms with Crippen molar-refractivity contribution in [2.45, 2.75) is 80.2 Å². The summed E-state index contributed by atoms with van der Waals surface area (Å²) < 4.78 is 0. The summed E-state index contributed by atoms with van der Waals surface area (Å²) in [5, 5.41) is 0. The van der Waals surface area contributed by atoms with Crippen LogP contribution in [0.2, 0.25) is 0 Å². The summed E-state index contributed by atoms with van der Waals surface area (Å²) in [6, 6.07) is 8.76. The highest BCUT2D eigenvalue weighted by Gasteiger charge is 2.37. The smallest absolute Gasteiger partial charge is 0.0601 e. The third-order valence-electron chi connectivity index (χ3n) is 7.32. The van der Waals surface area contributed by atoms with Crippen LogP contribution >= 0.6 is 0 Å². The molecule has 0 radical (unpaired) electrons. The van der Waals surface area contributed by atoms with E-state index >= 15 is 0 Å². The third kappa shape index (κ3) is 5.98. The van der Waals surface area contributed by atoms with Gasteiger partial charge in [0.1, 0.15) is 0 Å². The first kappa shape index (κ1) is 25.1. The Morgan fingerprint density at radius 3 is 2.32 bits per heavy atom. The molecule has 1 aromatic rings. The van der Waals surface area contributed by atoms with Crippen LogP contribution in [0.5, 0.6) is 0 Å². The van der Waals surface area contributed by atoms with Crippen LogP contribution < -0.4 is 5.73 Å². The maximum Gasteiger partial charge on any atom is 0.0601 e. The van der Waals surface area contributed by atoms with Crippen LogP contribution in [0.4, 0.5) is 0 Å². The van der Waals surface area contributed by atoms with E-state index in [1.54, 1.807) is 0 Å². The number of hydrogen-bond donors (Lipinski definition) is 1. The van der Waals surface area contributed by atoms with Gasteiger partial charge in [0, 0.05) is 0 Å². The van der Waals surface area contributed by atoms with Crippen molar-refractivity contribution in [3.8, 4) is 0 Å². The number of allylic oxidation sites excluding steroid dienone is 7. The van der Waals surface area contributed by atoms with Gasteiger partial charge >= 0.3 is 0 Å². The predicted molar refractivity (Wildman–Crippen MR) is 139 cm³/mol. The molecule has 0 heterocycles. The number of rotatable bonds is 7. The summed E-state index contributed by atoms with van der Waals surface area (Å²) in [6.07, 6.45) is 12.5. The van der Waals surface area contributed by atoms with E-state index in [4.69, 9.17) is 5.73 Å². The minimum Gasteiger partial charge on any atom is -0.318 e. The van der Waals surface area contributed by atoms with E-state index in [1.807, 2.05) is 0 Å². The van der Waals surface area contributed by atoms with Gasteiger partial charge in [-0.1, -0.05) is 85.7 Å². The van der Waals surface area contributed by atoms with Crippen molar-refractivity contribution in [2.75, 3.05) is 0 Å². The molecule has 0 amide bonds. The SMILES string of the molecule is C=C(C)/C(C)=C/C=C(\C)C(C)(C)CCC1CC=C(c2ccc(C)cc2)C(C)(N)/C1=C/C. The maximum atomic E-state index is 6.98. The lowest BCUT2D eigenvalue weighted by atomic mass is 9.67.